The Morgan fingerprint density at radius 1 is 1.10 bits per heavy atom. The Morgan fingerprint density at radius 2 is 1.90 bits per heavy atom. The number of nitrogens with zero attached hydrogens (tertiary/aromatic N) is 3. The molecule has 0 saturated carbocycles. The van der Waals surface area contributed by atoms with Crippen molar-refractivity contribution in [1.29, 1.82) is 0 Å². The molecule has 0 fully saturated rings. The number of ketones is 1. The highest BCUT2D eigenvalue weighted by Crippen LogP contribution is 2.29. The summed E-state index contributed by atoms with van der Waals surface area (Å²) in [6, 6.07) is 15.6. The Kier molecular flexibility index (Phi) is 5.23. The molecule has 30 heavy (non-hydrogen) atoms. The lowest BCUT2D eigenvalue weighted by Crippen LogP contribution is -2.01. The summed E-state index contributed by atoms with van der Waals surface area (Å²) in [5.74, 6) is 2.16. The minimum Gasteiger partial charge on any atom is -0.457 e. The highest BCUT2D eigenvalue weighted by Gasteiger charge is 2.11. The van der Waals surface area contributed by atoms with Crippen LogP contribution in [0, 0.1) is 13.8 Å². The van der Waals surface area contributed by atoms with Crippen molar-refractivity contribution in [3.8, 4) is 11.5 Å². The number of hydrogen-bond acceptors (Lipinski definition) is 5. The van der Waals surface area contributed by atoms with Gasteiger partial charge in [0, 0.05) is 37.5 Å². The number of hydrogen-bond donors (Lipinski definition) is 1. The fraction of sp³-hybridized carbons (Fsp3) is 0.208. The van der Waals surface area contributed by atoms with E-state index in [0.717, 1.165) is 22.7 Å². The number of nitrogens with one attached hydrogen (secondary N) is 1. The number of rotatable bonds is 6. The number of carbonyl (C=O) groups is 1. The van der Waals surface area contributed by atoms with E-state index in [9.17, 15) is 4.79 Å². The van der Waals surface area contributed by atoms with Crippen molar-refractivity contribution in [2.45, 2.75) is 27.2 Å². The van der Waals surface area contributed by atoms with Crippen molar-refractivity contribution in [2.24, 2.45) is 7.05 Å². The van der Waals surface area contributed by atoms with E-state index in [1.807, 2.05) is 35.9 Å². The van der Waals surface area contributed by atoms with Gasteiger partial charge in [-0.2, -0.15) is 0 Å². The lowest BCUT2D eigenvalue weighted by atomic mass is 10.1. The molecule has 1 N–H and O–H groups in total. The zero-order valence-corrected chi connectivity index (χ0v) is 17.6. The molecule has 0 unspecified atom stereocenters. The third-order valence-corrected chi connectivity index (χ3v) is 5.16. The maximum atomic E-state index is 11.3. The Balaban J connectivity index is 1.61. The molecule has 0 radical (unpaired) electrons. The molecule has 4 aromatic rings. The van der Waals surface area contributed by atoms with Gasteiger partial charge in [-0.25, -0.2) is 4.98 Å². The molecule has 2 heterocycles. The van der Waals surface area contributed by atoms with Crippen LogP contribution in [0.3, 0.4) is 0 Å². The highest BCUT2D eigenvalue weighted by molar-refractivity contribution is 5.81. The maximum Gasteiger partial charge on any atom is 0.208 e. The first-order valence-corrected chi connectivity index (χ1v) is 9.82. The standard InChI is InChI=1S/C24H24N4O2/c1-15-6-5-7-21(17(15)3)26-24-27-22-14-19(8-9-23(22)28(24)4)30-20-10-11-25-18(13-20)12-16(2)29/h5-11,13-14H,12H2,1-4H3,(H,26,27). The van der Waals surface area contributed by atoms with Gasteiger partial charge in [0.15, 0.2) is 0 Å². The molecule has 0 aliphatic heterocycles. The second-order valence-electron chi connectivity index (χ2n) is 7.48. The Hall–Kier alpha value is -3.67. The fourth-order valence-corrected chi connectivity index (χ4v) is 3.37. The predicted octanol–water partition coefficient (Wildman–Crippen LogP) is 5.25. The maximum absolute atomic E-state index is 11.3. The van der Waals surface area contributed by atoms with Gasteiger partial charge in [-0.1, -0.05) is 12.1 Å². The second kappa shape index (κ2) is 7.99. The SMILES string of the molecule is CC(=O)Cc1cc(Oc2ccc3c(c2)nc(Nc2cccc(C)c2C)n3C)ccn1. The van der Waals surface area contributed by atoms with Crippen LogP contribution in [0.4, 0.5) is 11.6 Å². The summed E-state index contributed by atoms with van der Waals surface area (Å²) >= 11 is 0. The zero-order chi connectivity index (χ0) is 21.3. The third kappa shape index (κ3) is 4.03. The summed E-state index contributed by atoms with van der Waals surface area (Å²) in [5.41, 5.74) is 6.00. The van der Waals surface area contributed by atoms with Crippen molar-refractivity contribution < 1.29 is 9.53 Å². The number of aryl methyl sites for hydroxylation is 2. The molecule has 0 atom stereocenters. The Morgan fingerprint density at radius 3 is 2.70 bits per heavy atom. The molecule has 6 heteroatoms. The molecular formula is C24H24N4O2. The second-order valence-corrected chi connectivity index (χ2v) is 7.48. The average molecular weight is 400 g/mol. The normalized spacial score (nSPS) is 10.9. The molecule has 0 saturated heterocycles. The van der Waals surface area contributed by atoms with E-state index in [2.05, 4.69) is 36.3 Å². The zero-order valence-electron chi connectivity index (χ0n) is 17.6. The molecule has 6 nitrogen and oxygen atoms in total. The number of fused-ring (bicyclic) bond motifs is 1. The van der Waals surface area contributed by atoms with Crippen molar-refractivity contribution in [3.63, 3.8) is 0 Å². The van der Waals surface area contributed by atoms with Crippen LogP contribution < -0.4 is 10.1 Å². The number of ether oxygens (including phenoxy) is 1. The van der Waals surface area contributed by atoms with E-state index in [-0.39, 0.29) is 5.78 Å². The minimum atomic E-state index is 0.0680. The summed E-state index contributed by atoms with van der Waals surface area (Å²) in [6.45, 7) is 5.75. The quantitative estimate of drug-likeness (QED) is 0.479. The van der Waals surface area contributed by atoms with Crippen LogP contribution in [0.5, 0.6) is 11.5 Å². The molecule has 2 aromatic carbocycles. The molecule has 2 aromatic heterocycles. The van der Waals surface area contributed by atoms with E-state index in [1.165, 1.54) is 11.1 Å². The van der Waals surface area contributed by atoms with Gasteiger partial charge >= 0.3 is 0 Å². The number of imidazole rings is 1. The summed E-state index contributed by atoms with van der Waals surface area (Å²) < 4.78 is 8.02. The van der Waals surface area contributed by atoms with Gasteiger partial charge in [0.2, 0.25) is 5.95 Å². The molecule has 0 bridgehead atoms. The van der Waals surface area contributed by atoms with Crippen molar-refractivity contribution in [1.82, 2.24) is 14.5 Å². The largest absolute Gasteiger partial charge is 0.457 e. The molecule has 0 amide bonds. The van der Waals surface area contributed by atoms with E-state index < -0.39 is 0 Å². The van der Waals surface area contributed by atoms with Crippen molar-refractivity contribution >= 4 is 28.5 Å². The van der Waals surface area contributed by atoms with Gasteiger partial charge in [-0.05, 0) is 56.2 Å². The molecule has 4 rings (SSSR count). The van der Waals surface area contributed by atoms with Gasteiger partial charge in [0.05, 0.1) is 16.7 Å². The number of carbonyl (C=O) groups excluding carboxylic acids is 1. The van der Waals surface area contributed by atoms with Crippen LogP contribution in [-0.4, -0.2) is 20.3 Å². The summed E-state index contributed by atoms with van der Waals surface area (Å²) in [7, 11) is 1.99. The Labute approximate surface area is 175 Å². The fourth-order valence-electron chi connectivity index (χ4n) is 3.37. The van der Waals surface area contributed by atoms with Gasteiger partial charge in [0.1, 0.15) is 17.3 Å². The molecular weight excluding hydrogens is 376 g/mol. The number of benzene rings is 2. The van der Waals surface area contributed by atoms with Gasteiger partial charge in [-0.3, -0.25) is 9.78 Å². The van der Waals surface area contributed by atoms with Gasteiger partial charge in [0.25, 0.3) is 0 Å². The van der Waals surface area contributed by atoms with Gasteiger partial charge in [-0.15, -0.1) is 0 Å². The average Bonchev–Trinajstić information content (AvgIpc) is 3.00. The monoisotopic (exact) mass is 400 g/mol. The smallest absolute Gasteiger partial charge is 0.208 e. The van der Waals surface area contributed by atoms with Gasteiger partial charge < -0.3 is 14.6 Å². The summed E-state index contributed by atoms with van der Waals surface area (Å²) in [5, 5.41) is 3.44. The van der Waals surface area contributed by atoms with E-state index >= 15 is 0 Å². The number of anilines is 2. The van der Waals surface area contributed by atoms with Crippen molar-refractivity contribution in [2.75, 3.05) is 5.32 Å². The summed E-state index contributed by atoms with van der Waals surface area (Å²) in [4.78, 5) is 20.3. The van der Waals surface area contributed by atoms with E-state index in [4.69, 9.17) is 9.72 Å². The van der Waals surface area contributed by atoms with Crippen LogP contribution in [0.15, 0.2) is 54.7 Å². The minimum absolute atomic E-state index is 0.0680. The first-order chi connectivity index (χ1) is 14.4. The number of pyridine rings is 1. The first-order valence-electron chi connectivity index (χ1n) is 9.82. The summed E-state index contributed by atoms with van der Waals surface area (Å²) in [6.07, 6.45) is 1.95. The van der Waals surface area contributed by atoms with Crippen molar-refractivity contribution in [3.05, 3.63) is 71.5 Å². The van der Waals surface area contributed by atoms with E-state index in [1.54, 1.807) is 25.3 Å². The van der Waals surface area contributed by atoms with Crippen LogP contribution in [0.2, 0.25) is 0 Å². The van der Waals surface area contributed by atoms with Crippen LogP contribution in [0.25, 0.3) is 11.0 Å². The molecule has 0 spiro atoms. The lowest BCUT2D eigenvalue weighted by molar-refractivity contribution is -0.116. The first kappa shape index (κ1) is 19.6. The molecule has 152 valence electrons. The predicted molar refractivity (Wildman–Crippen MR) is 119 cm³/mol. The van der Waals surface area contributed by atoms with Crippen LogP contribution >= 0.6 is 0 Å². The van der Waals surface area contributed by atoms with Crippen LogP contribution in [-0.2, 0) is 18.3 Å². The third-order valence-electron chi connectivity index (χ3n) is 5.16. The number of aromatic nitrogens is 3. The molecule has 0 aliphatic carbocycles. The van der Waals surface area contributed by atoms with E-state index in [0.29, 0.717) is 23.6 Å². The highest BCUT2D eigenvalue weighted by atomic mass is 16.5. The molecule has 0 aliphatic rings. The number of Topliss-reactive ketones (excluding diaryl/α,β-unsaturated/α-hetero) is 1. The topological polar surface area (TPSA) is 69.0 Å². The lowest BCUT2D eigenvalue weighted by Gasteiger charge is -2.11. The Bertz CT molecular complexity index is 1240. The van der Waals surface area contributed by atoms with Crippen LogP contribution in [0.1, 0.15) is 23.7 Å².